The lowest BCUT2D eigenvalue weighted by atomic mass is 10.3. The molecule has 0 fully saturated rings. The minimum absolute atomic E-state index is 0.269. The van der Waals surface area contributed by atoms with Gasteiger partial charge in [0.15, 0.2) is 0 Å². The Morgan fingerprint density at radius 3 is 2.94 bits per heavy atom. The Kier molecular flexibility index (Phi) is 3.73. The van der Waals surface area contributed by atoms with E-state index < -0.39 is 0 Å². The minimum Gasteiger partial charge on any atom is -0.366 e. The Balaban J connectivity index is 2.00. The highest BCUT2D eigenvalue weighted by Gasteiger charge is 2.05. The summed E-state index contributed by atoms with van der Waals surface area (Å²) in [5, 5.41) is 3.33. The van der Waals surface area contributed by atoms with Crippen molar-refractivity contribution in [3.63, 3.8) is 0 Å². The van der Waals surface area contributed by atoms with Gasteiger partial charge >= 0.3 is 0 Å². The number of aryl methyl sites for hydroxylation is 1. The van der Waals surface area contributed by atoms with E-state index in [1.807, 2.05) is 23.8 Å². The van der Waals surface area contributed by atoms with Crippen LogP contribution < -0.4 is 5.32 Å². The standard InChI is InChI=1S/C11H14BrN5/c1-8(6-17-4-3-13-7-17)14-11-5-10(12)15-9(2)16-11/h3-5,7-8H,6H2,1-2H3,(H,14,15,16). The lowest BCUT2D eigenvalue weighted by Gasteiger charge is -2.15. The van der Waals surface area contributed by atoms with Crippen LogP contribution in [-0.2, 0) is 6.54 Å². The first kappa shape index (κ1) is 12.0. The zero-order valence-corrected chi connectivity index (χ0v) is 11.3. The van der Waals surface area contributed by atoms with Crippen LogP contribution in [0.1, 0.15) is 12.7 Å². The quantitative estimate of drug-likeness (QED) is 0.879. The first-order valence-electron chi connectivity index (χ1n) is 5.37. The van der Waals surface area contributed by atoms with Crippen molar-refractivity contribution in [3.8, 4) is 0 Å². The molecule has 1 atom stereocenters. The maximum Gasteiger partial charge on any atom is 0.131 e. The first-order valence-corrected chi connectivity index (χ1v) is 6.16. The summed E-state index contributed by atoms with van der Waals surface area (Å²) in [6.07, 6.45) is 5.52. The summed E-state index contributed by atoms with van der Waals surface area (Å²) in [6, 6.07) is 2.14. The highest BCUT2D eigenvalue weighted by atomic mass is 79.9. The van der Waals surface area contributed by atoms with Gasteiger partial charge in [0.05, 0.1) is 6.33 Å². The monoisotopic (exact) mass is 295 g/mol. The molecule has 0 radical (unpaired) electrons. The zero-order chi connectivity index (χ0) is 12.3. The number of rotatable bonds is 4. The number of aromatic nitrogens is 4. The second-order valence-electron chi connectivity index (χ2n) is 3.93. The molecule has 17 heavy (non-hydrogen) atoms. The van der Waals surface area contributed by atoms with Crippen molar-refractivity contribution in [1.82, 2.24) is 19.5 Å². The van der Waals surface area contributed by atoms with E-state index in [0.29, 0.717) is 0 Å². The molecule has 2 rings (SSSR count). The van der Waals surface area contributed by atoms with Crippen molar-refractivity contribution in [2.45, 2.75) is 26.4 Å². The van der Waals surface area contributed by atoms with Crippen LogP contribution in [0.25, 0.3) is 0 Å². The molecule has 5 nitrogen and oxygen atoms in total. The van der Waals surface area contributed by atoms with Crippen molar-refractivity contribution < 1.29 is 0 Å². The van der Waals surface area contributed by atoms with E-state index in [2.05, 4.69) is 43.1 Å². The molecule has 1 unspecified atom stereocenters. The van der Waals surface area contributed by atoms with Crippen LogP contribution >= 0.6 is 15.9 Å². The first-order chi connectivity index (χ1) is 8.13. The maximum atomic E-state index is 4.33. The van der Waals surface area contributed by atoms with E-state index in [1.54, 1.807) is 12.5 Å². The number of hydrogen-bond acceptors (Lipinski definition) is 4. The Bertz CT molecular complexity index is 462. The van der Waals surface area contributed by atoms with Crippen LogP contribution in [0, 0.1) is 6.92 Å². The van der Waals surface area contributed by atoms with E-state index in [0.717, 1.165) is 22.8 Å². The van der Waals surface area contributed by atoms with Crippen molar-refractivity contribution in [2.75, 3.05) is 5.32 Å². The predicted octanol–water partition coefficient (Wildman–Crippen LogP) is 2.24. The van der Waals surface area contributed by atoms with Gasteiger partial charge in [-0.25, -0.2) is 15.0 Å². The predicted molar refractivity (Wildman–Crippen MR) is 69.8 cm³/mol. The van der Waals surface area contributed by atoms with E-state index >= 15 is 0 Å². The average Bonchev–Trinajstić information content (AvgIpc) is 2.67. The van der Waals surface area contributed by atoms with Gasteiger partial charge in [0, 0.05) is 31.0 Å². The highest BCUT2D eigenvalue weighted by molar-refractivity contribution is 9.10. The molecule has 0 amide bonds. The average molecular weight is 296 g/mol. The molecule has 0 saturated carbocycles. The third-order valence-electron chi connectivity index (χ3n) is 2.24. The molecular weight excluding hydrogens is 282 g/mol. The summed E-state index contributed by atoms with van der Waals surface area (Å²) >= 11 is 3.36. The van der Waals surface area contributed by atoms with Crippen LogP contribution in [0.2, 0.25) is 0 Å². The molecule has 2 aromatic rings. The summed E-state index contributed by atoms with van der Waals surface area (Å²) in [7, 11) is 0. The smallest absolute Gasteiger partial charge is 0.131 e. The fourth-order valence-electron chi connectivity index (χ4n) is 1.61. The molecule has 0 spiro atoms. The van der Waals surface area contributed by atoms with Gasteiger partial charge in [-0.05, 0) is 29.8 Å². The molecule has 6 heteroatoms. The Morgan fingerprint density at radius 1 is 1.47 bits per heavy atom. The van der Waals surface area contributed by atoms with E-state index in [9.17, 15) is 0 Å². The van der Waals surface area contributed by atoms with E-state index in [4.69, 9.17) is 0 Å². The van der Waals surface area contributed by atoms with Gasteiger partial charge in [0.25, 0.3) is 0 Å². The molecular formula is C11H14BrN5. The summed E-state index contributed by atoms with van der Waals surface area (Å²) in [5.74, 6) is 1.58. The Labute approximate surface area is 108 Å². The second kappa shape index (κ2) is 5.27. The number of nitrogens with one attached hydrogen (secondary N) is 1. The molecule has 2 heterocycles. The molecule has 2 aromatic heterocycles. The molecule has 0 aromatic carbocycles. The number of hydrogen-bond donors (Lipinski definition) is 1. The van der Waals surface area contributed by atoms with Crippen molar-refractivity contribution in [1.29, 1.82) is 0 Å². The van der Waals surface area contributed by atoms with Gasteiger partial charge in [-0.1, -0.05) is 0 Å². The highest BCUT2D eigenvalue weighted by Crippen LogP contribution is 2.13. The Hall–Kier alpha value is -1.43. The minimum atomic E-state index is 0.269. The fourth-order valence-corrected chi connectivity index (χ4v) is 2.09. The topological polar surface area (TPSA) is 55.6 Å². The van der Waals surface area contributed by atoms with Crippen LogP contribution in [0.3, 0.4) is 0 Å². The van der Waals surface area contributed by atoms with Crippen LogP contribution in [0.5, 0.6) is 0 Å². The van der Waals surface area contributed by atoms with Crippen molar-refractivity contribution in [2.24, 2.45) is 0 Å². The van der Waals surface area contributed by atoms with Gasteiger partial charge in [-0.3, -0.25) is 0 Å². The van der Waals surface area contributed by atoms with Crippen LogP contribution in [0.15, 0.2) is 29.4 Å². The van der Waals surface area contributed by atoms with E-state index in [1.165, 1.54) is 0 Å². The number of anilines is 1. The maximum absolute atomic E-state index is 4.33. The van der Waals surface area contributed by atoms with Gasteiger partial charge in [-0.15, -0.1) is 0 Å². The van der Waals surface area contributed by atoms with Crippen LogP contribution in [0.4, 0.5) is 5.82 Å². The van der Waals surface area contributed by atoms with Crippen molar-refractivity contribution in [3.05, 3.63) is 35.2 Å². The summed E-state index contributed by atoms with van der Waals surface area (Å²) in [5.41, 5.74) is 0. The number of nitrogens with zero attached hydrogens (tertiary/aromatic N) is 4. The number of imidazole rings is 1. The lowest BCUT2D eigenvalue weighted by molar-refractivity contribution is 0.616. The summed E-state index contributed by atoms with van der Waals surface area (Å²) in [6.45, 7) is 4.82. The van der Waals surface area contributed by atoms with Gasteiger partial charge in [0.2, 0.25) is 0 Å². The van der Waals surface area contributed by atoms with Crippen LogP contribution in [-0.4, -0.2) is 25.6 Å². The molecule has 0 aliphatic carbocycles. The van der Waals surface area contributed by atoms with Gasteiger partial charge in [0.1, 0.15) is 16.2 Å². The largest absolute Gasteiger partial charge is 0.366 e. The van der Waals surface area contributed by atoms with Gasteiger partial charge < -0.3 is 9.88 Å². The number of halogens is 1. The molecule has 0 aliphatic heterocycles. The second-order valence-corrected chi connectivity index (χ2v) is 4.74. The normalized spacial score (nSPS) is 12.4. The molecule has 1 N–H and O–H groups in total. The lowest BCUT2D eigenvalue weighted by Crippen LogP contribution is -2.22. The molecule has 90 valence electrons. The zero-order valence-electron chi connectivity index (χ0n) is 9.76. The third kappa shape index (κ3) is 3.52. The third-order valence-corrected chi connectivity index (χ3v) is 2.65. The summed E-state index contributed by atoms with van der Waals surface area (Å²) in [4.78, 5) is 12.5. The van der Waals surface area contributed by atoms with Crippen molar-refractivity contribution >= 4 is 21.7 Å². The fraction of sp³-hybridized carbons (Fsp3) is 0.364. The van der Waals surface area contributed by atoms with Gasteiger partial charge in [-0.2, -0.15) is 0 Å². The molecule has 0 saturated heterocycles. The molecule has 0 bridgehead atoms. The Morgan fingerprint density at radius 2 is 2.29 bits per heavy atom. The SMILES string of the molecule is Cc1nc(Br)cc(NC(C)Cn2ccnc2)n1. The van der Waals surface area contributed by atoms with E-state index in [-0.39, 0.29) is 6.04 Å². The molecule has 0 aliphatic rings. The summed E-state index contributed by atoms with van der Waals surface area (Å²) < 4.78 is 2.82.